The molecule has 3 nitrogen and oxygen atoms in total. The van der Waals surface area contributed by atoms with Crippen LogP contribution in [0.4, 0.5) is 5.69 Å². The summed E-state index contributed by atoms with van der Waals surface area (Å²) >= 11 is 3.50. The zero-order valence-corrected chi connectivity index (χ0v) is 13.8. The van der Waals surface area contributed by atoms with Crippen LogP contribution < -0.4 is 10.1 Å². The topological polar surface area (TPSA) is 30.5 Å². The molecule has 1 aromatic carbocycles. The Morgan fingerprint density at radius 3 is 2.53 bits per heavy atom. The molecule has 1 aliphatic rings. The van der Waals surface area contributed by atoms with E-state index in [1.54, 1.807) is 7.11 Å². The summed E-state index contributed by atoms with van der Waals surface area (Å²) in [4.78, 5) is 0. The van der Waals surface area contributed by atoms with Crippen molar-refractivity contribution in [1.82, 2.24) is 0 Å². The number of hydrogen-bond acceptors (Lipinski definition) is 3. The number of anilines is 1. The van der Waals surface area contributed by atoms with E-state index in [2.05, 4.69) is 48.9 Å². The van der Waals surface area contributed by atoms with Crippen molar-refractivity contribution in [2.75, 3.05) is 12.4 Å². The van der Waals surface area contributed by atoms with Gasteiger partial charge >= 0.3 is 0 Å². The number of halogens is 1. The van der Waals surface area contributed by atoms with Crippen molar-refractivity contribution in [3.63, 3.8) is 0 Å². The van der Waals surface area contributed by atoms with E-state index in [1.807, 2.05) is 18.2 Å². The number of benzene rings is 1. The summed E-state index contributed by atoms with van der Waals surface area (Å²) in [6, 6.07) is 6.23. The van der Waals surface area contributed by atoms with Crippen LogP contribution >= 0.6 is 15.9 Å². The molecule has 0 aromatic heterocycles. The molecule has 106 valence electrons. The molecule has 1 aromatic rings. The van der Waals surface area contributed by atoms with Crippen molar-refractivity contribution >= 4 is 21.6 Å². The molecule has 1 saturated heterocycles. The number of rotatable bonds is 3. The second kappa shape index (κ2) is 4.98. The van der Waals surface area contributed by atoms with E-state index in [-0.39, 0.29) is 17.2 Å². The van der Waals surface area contributed by atoms with Crippen molar-refractivity contribution in [1.29, 1.82) is 0 Å². The van der Waals surface area contributed by atoms with E-state index in [0.29, 0.717) is 0 Å². The van der Waals surface area contributed by atoms with Crippen LogP contribution in [0.15, 0.2) is 22.7 Å². The molecule has 0 radical (unpaired) electrons. The monoisotopic (exact) mass is 327 g/mol. The number of methoxy groups -OCH3 is 1. The molecule has 0 aliphatic carbocycles. The molecular formula is C15H22BrNO2. The van der Waals surface area contributed by atoms with Gasteiger partial charge in [0.1, 0.15) is 5.75 Å². The molecule has 0 bridgehead atoms. The third kappa shape index (κ3) is 3.23. The number of hydrogen-bond donors (Lipinski definition) is 1. The summed E-state index contributed by atoms with van der Waals surface area (Å²) in [5.41, 5.74) is 0.702. The van der Waals surface area contributed by atoms with E-state index in [1.165, 1.54) is 0 Å². The Labute approximate surface area is 123 Å². The van der Waals surface area contributed by atoms with Crippen molar-refractivity contribution in [2.24, 2.45) is 0 Å². The molecular weight excluding hydrogens is 306 g/mol. The van der Waals surface area contributed by atoms with E-state index >= 15 is 0 Å². The van der Waals surface area contributed by atoms with Gasteiger partial charge in [0.05, 0.1) is 30.0 Å². The fraction of sp³-hybridized carbons (Fsp3) is 0.600. The number of nitrogens with one attached hydrogen (secondary N) is 1. The third-order valence-electron chi connectivity index (χ3n) is 3.57. The van der Waals surface area contributed by atoms with Crippen molar-refractivity contribution in [3.8, 4) is 5.75 Å². The summed E-state index contributed by atoms with van der Waals surface area (Å²) in [7, 11) is 1.69. The molecule has 1 heterocycles. The highest BCUT2D eigenvalue weighted by atomic mass is 79.9. The Kier molecular flexibility index (Phi) is 3.85. The van der Waals surface area contributed by atoms with Crippen molar-refractivity contribution < 1.29 is 9.47 Å². The molecule has 0 amide bonds. The minimum absolute atomic E-state index is 0.0968. The fourth-order valence-corrected chi connectivity index (χ4v) is 3.13. The molecule has 1 N–H and O–H groups in total. The first-order chi connectivity index (χ1) is 8.73. The lowest BCUT2D eigenvalue weighted by molar-refractivity contribution is -0.0662. The van der Waals surface area contributed by atoms with Gasteiger partial charge in [0.2, 0.25) is 0 Å². The Morgan fingerprint density at radius 1 is 1.32 bits per heavy atom. The largest absolute Gasteiger partial charge is 0.495 e. The normalized spacial score (nSPS) is 24.2. The molecule has 1 fully saturated rings. The minimum atomic E-state index is -0.198. The second-order valence-corrected chi connectivity index (χ2v) is 7.13. The maximum atomic E-state index is 6.11. The summed E-state index contributed by atoms with van der Waals surface area (Å²) in [5.74, 6) is 0.851. The van der Waals surface area contributed by atoms with E-state index in [0.717, 1.165) is 22.3 Å². The first kappa shape index (κ1) is 14.7. The van der Waals surface area contributed by atoms with Gasteiger partial charge in [-0.1, -0.05) is 15.9 Å². The van der Waals surface area contributed by atoms with Crippen LogP contribution in [0, 0.1) is 0 Å². The van der Waals surface area contributed by atoms with Crippen LogP contribution in [0.5, 0.6) is 5.75 Å². The van der Waals surface area contributed by atoms with E-state index in [4.69, 9.17) is 9.47 Å². The molecule has 1 unspecified atom stereocenters. The van der Waals surface area contributed by atoms with Crippen LogP contribution in [0.1, 0.15) is 34.1 Å². The first-order valence-electron chi connectivity index (χ1n) is 6.54. The maximum absolute atomic E-state index is 6.11. The molecule has 2 rings (SSSR count). The van der Waals surface area contributed by atoms with Gasteiger partial charge < -0.3 is 14.8 Å². The highest BCUT2D eigenvalue weighted by Crippen LogP contribution is 2.40. The lowest BCUT2D eigenvalue weighted by Crippen LogP contribution is -2.38. The highest BCUT2D eigenvalue weighted by molar-refractivity contribution is 9.10. The van der Waals surface area contributed by atoms with Crippen LogP contribution in [0.3, 0.4) is 0 Å². The molecule has 0 saturated carbocycles. The smallest absolute Gasteiger partial charge is 0.142 e. The molecule has 19 heavy (non-hydrogen) atoms. The predicted molar refractivity (Wildman–Crippen MR) is 82.0 cm³/mol. The highest BCUT2D eigenvalue weighted by Gasteiger charge is 2.46. The van der Waals surface area contributed by atoms with Crippen molar-refractivity contribution in [2.45, 2.75) is 51.4 Å². The zero-order chi connectivity index (χ0) is 14.3. The van der Waals surface area contributed by atoms with Gasteiger partial charge in [-0.2, -0.15) is 0 Å². The number of ether oxygens (including phenoxy) is 2. The molecule has 4 heteroatoms. The van der Waals surface area contributed by atoms with Gasteiger partial charge in [-0.15, -0.1) is 0 Å². The lowest BCUT2D eigenvalue weighted by atomic mass is 9.94. The standard InChI is InChI=1S/C15H22BrNO2/c1-14(2)9-13(15(3,4)19-14)17-11-8-10(16)6-7-12(11)18-5/h6-8,13,17H,9H2,1-5H3. The zero-order valence-electron chi connectivity index (χ0n) is 12.2. The quantitative estimate of drug-likeness (QED) is 0.901. The Balaban J connectivity index is 2.24. The van der Waals surface area contributed by atoms with Gasteiger partial charge in [-0.3, -0.25) is 0 Å². The summed E-state index contributed by atoms with van der Waals surface area (Å²) in [6.45, 7) is 8.52. The SMILES string of the molecule is COc1ccc(Br)cc1NC1CC(C)(C)OC1(C)C. The third-order valence-corrected chi connectivity index (χ3v) is 4.06. The maximum Gasteiger partial charge on any atom is 0.142 e. The van der Waals surface area contributed by atoms with Crippen LogP contribution in [0.25, 0.3) is 0 Å². The minimum Gasteiger partial charge on any atom is -0.495 e. The summed E-state index contributed by atoms with van der Waals surface area (Å²) < 4.78 is 12.6. The second-order valence-electron chi connectivity index (χ2n) is 6.21. The Hall–Kier alpha value is -0.740. The van der Waals surface area contributed by atoms with E-state index < -0.39 is 0 Å². The van der Waals surface area contributed by atoms with E-state index in [9.17, 15) is 0 Å². The van der Waals surface area contributed by atoms with Crippen molar-refractivity contribution in [3.05, 3.63) is 22.7 Å². The first-order valence-corrected chi connectivity index (χ1v) is 7.33. The predicted octanol–water partition coefficient (Wildman–Crippen LogP) is 4.22. The van der Waals surface area contributed by atoms with Crippen LogP contribution in [0.2, 0.25) is 0 Å². The van der Waals surface area contributed by atoms with Gasteiger partial charge in [0, 0.05) is 4.47 Å². The summed E-state index contributed by atoms with van der Waals surface area (Å²) in [5, 5.41) is 3.57. The van der Waals surface area contributed by atoms with Gasteiger partial charge in [-0.05, 0) is 52.3 Å². The average molecular weight is 328 g/mol. The molecule has 1 aliphatic heterocycles. The lowest BCUT2D eigenvalue weighted by Gasteiger charge is -2.28. The van der Waals surface area contributed by atoms with Gasteiger partial charge in [-0.25, -0.2) is 0 Å². The average Bonchev–Trinajstić information content (AvgIpc) is 2.47. The summed E-state index contributed by atoms with van der Waals surface area (Å²) in [6.07, 6.45) is 0.968. The Bertz CT molecular complexity index is 471. The van der Waals surface area contributed by atoms with Crippen LogP contribution in [-0.2, 0) is 4.74 Å². The van der Waals surface area contributed by atoms with Gasteiger partial charge in [0.15, 0.2) is 0 Å². The fourth-order valence-electron chi connectivity index (χ4n) is 2.77. The molecule has 1 atom stereocenters. The molecule has 0 spiro atoms. The van der Waals surface area contributed by atoms with Crippen LogP contribution in [-0.4, -0.2) is 24.4 Å². The Morgan fingerprint density at radius 2 is 2.00 bits per heavy atom. The van der Waals surface area contributed by atoms with Gasteiger partial charge in [0.25, 0.3) is 0 Å².